The number of rotatable bonds is 8. The Labute approximate surface area is 175 Å². The highest BCUT2D eigenvalue weighted by molar-refractivity contribution is 5.79. The Morgan fingerprint density at radius 1 is 1.03 bits per heavy atom. The number of nitrogens with one attached hydrogen (secondary N) is 1. The van der Waals surface area contributed by atoms with E-state index in [1.807, 2.05) is 25.2 Å². The molecule has 1 fully saturated rings. The largest absolute Gasteiger partial charge is 0.342 e. The molecule has 3 rings (SSSR count). The van der Waals surface area contributed by atoms with Crippen molar-refractivity contribution in [2.75, 3.05) is 47.3 Å². The van der Waals surface area contributed by atoms with E-state index in [-0.39, 0.29) is 17.2 Å². The Morgan fingerprint density at radius 3 is 2.17 bits per heavy atom. The standard InChI is InChI=1S/C25H35N3O/c1-26-19-22(18-21-10-6-4-7-11-21)24(29)28-16-14-25(15-17-28,20-27(2)3)23-12-8-5-9-13-23/h4-13,22,26H,14-20H2,1-3H3. The summed E-state index contributed by atoms with van der Waals surface area (Å²) >= 11 is 0. The van der Waals surface area contributed by atoms with E-state index in [0.717, 1.165) is 38.9 Å². The van der Waals surface area contributed by atoms with Crippen LogP contribution in [-0.2, 0) is 16.6 Å². The molecule has 1 amide bonds. The summed E-state index contributed by atoms with van der Waals surface area (Å²) in [5, 5.41) is 3.22. The van der Waals surface area contributed by atoms with Gasteiger partial charge in [-0.15, -0.1) is 0 Å². The van der Waals surface area contributed by atoms with Crippen molar-refractivity contribution in [1.82, 2.24) is 15.1 Å². The van der Waals surface area contributed by atoms with Crippen LogP contribution in [0.25, 0.3) is 0 Å². The van der Waals surface area contributed by atoms with Gasteiger partial charge in [0.05, 0.1) is 5.92 Å². The van der Waals surface area contributed by atoms with Gasteiger partial charge < -0.3 is 15.1 Å². The molecule has 1 unspecified atom stereocenters. The van der Waals surface area contributed by atoms with E-state index >= 15 is 0 Å². The SMILES string of the molecule is CNCC(Cc1ccccc1)C(=O)N1CCC(CN(C)C)(c2ccccc2)CC1. The highest BCUT2D eigenvalue weighted by Gasteiger charge is 2.38. The van der Waals surface area contributed by atoms with Crippen LogP contribution in [-0.4, -0.2) is 63.0 Å². The first-order valence-electron chi connectivity index (χ1n) is 10.7. The molecular weight excluding hydrogens is 358 g/mol. The number of likely N-dealkylation sites (tertiary alicyclic amines) is 1. The number of carbonyl (C=O) groups is 1. The Morgan fingerprint density at radius 2 is 1.62 bits per heavy atom. The molecule has 2 aromatic carbocycles. The van der Waals surface area contributed by atoms with Gasteiger partial charge >= 0.3 is 0 Å². The van der Waals surface area contributed by atoms with Crippen LogP contribution in [0, 0.1) is 5.92 Å². The fraction of sp³-hybridized carbons (Fsp3) is 0.480. The zero-order valence-corrected chi connectivity index (χ0v) is 18.1. The maximum absolute atomic E-state index is 13.3. The van der Waals surface area contributed by atoms with Gasteiger partial charge in [-0.25, -0.2) is 0 Å². The Balaban J connectivity index is 1.70. The van der Waals surface area contributed by atoms with Crippen LogP contribution in [0.1, 0.15) is 24.0 Å². The van der Waals surface area contributed by atoms with Crippen molar-refractivity contribution in [1.29, 1.82) is 0 Å². The van der Waals surface area contributed by atoms with E-state index in [2.05, 4.69) is 71.7 Å². The average Bonchev–Trinajstić information content (AvgIpc) is 2.74. The molecule has 2 aromatic rings. The van der Waals surface area contributed by atoms with Gasteiger partial charge in [0.25, 0.3) is 0 Å². The lowest BCUT2D eigenvalue weighted by atomic mass is 9.72. The normalized spacial score (nSPS) is 17.3. The maximum atomic E-state index is 13.3. The molecule has 156 valence electrons. The van der Waals surface area contributed by atoms with Crippen molar-refractivity contribution in [3.8, 4) is 0 Å². The minimum Gasteiger partial charge on any atom is -0.342 e. The van der Waals surface area contributed by atoms with Crippen molar-refractivity contribution in [3.05, 3.63) is 71.8 Å². The molecule has 1 saturated heterocycles. The van der Waals surface area contributed by atoms with E-state index in [9.17, 15) is 4.79 Å². The van der Waals surface area contributed by atoms with Gasteiger partial charge in [0, 0.05) is 31.6 Å². The lowest BCUT2D eigenvalue weighted by molar-refractivity contribution is -0.137. The van der Waals surface area contributed by atoms with E-state index in [0.29, 0.717) is 6.54 Å². The summed E-state index contributed by atoms with van der Waals surface area (Å²) in [6.07, 6.45) is 2.82. The number of hydrogen-bond donors (Lipinski definition) is 1. The molecule has 29 heavy (non-hydrogen) atoms. The van der Waals surface area contributed by atoms with Crippen LogP contribution in [0.5, 0.6) is 0 Å². The number of hydrogen-bond acceptors (Lipinski definition) is 3. The molecule has 1 N–H and O–H groups in total. The van der Waals surface area contributed by atoms with E-state index < -0.39 is 0 Å². The van der Waals surface area contributed by atoms with Crippen molar-refractivity contribution >= 4 is 5.91 Å². The first kappa shape index (κ1) is 21.5. The summed E-state index contributed by atoms with van der Waals surface area (Å²) in [5.41, 5.74) is 2.75. The topological polar surface area (TPSA) is 35.6 Å². The van der Waals surface area contributed by atoms with Gasteiger partial charge in [0.1, 0.15) is 0 Å². The minimum absolute atomic E-state index is 0.0134. The van der Waals surface area contributed by atoms with Crippen LogP contribution in [0.2, 0.25) is 0 Å². The number of likely N-dealkylation sites (N-methyl/N-ethyl adjacent to an activating group) is 1. The van der Waals surface area contributed by atoms with Gasteiger partial charge in [-0.2, -0.15) is 0 Å². The van der Waals surface area contributed by atoms with Crippen LogP contribution >= 0.6 is 0 Å². The summed E-state index contributed by atoms with van der Waals surface area (Å²) in [7, 11) is 6.22. The maximum Gasteiger partial charge on any atom is 0.227 e. The van der Waals surface area contributed by atoms with Crippen LogP contribution in [0.3, 0.4) is 0 Å². The van der Waals surface area contributed by atoms with Gasteiger partial charge in [-0.05, 0) is 51.5 Å². The second-order valence-electron chi connectivity index (χ2n) is 8.65. The fourth-order valence-electron chi connectivity index (χ4n) is 4.74. The number of amides is 1. The molecule has 4 nitrogen and oxygen atoms in total. The molecule has 0 aliphatic carbocycles. The molecule has 0 spiro atoms. The number of nitrogens with zero attached hydrogens (tertiary/aromatic N) is 2. The van der Waals surface area contributed by atoms with Gasteiger partial charge in [-0.1, -0.05) is 60.7 Å². The predicted octanol–water partition coefficient (Wildman–Crippen LogP) is 3.19. The first-order chi connectivity index (χ1) is 14.0. The second-order valence-corrected chi connectivity index (χ2v) is 8.65. The van der Waals surface area contributed by atoms with Crippen molar-refractivity contribution < 1.29 is 4.79 Å². The third-order valence-electron chi connectivity index (χ3n) is 6.16. The quantitative estimate of drug-likeness (QED) is 0.748. The number of piperidine rings is 1. The van der Waals surface area contributed by atoms with E-state index in [1.165, 1.54) is 11.1 Å². The van der Waals surface area contributed by atoms with Gasteiger partial charge in [0.2, 0.25) is 5.91 Å². The minimum atomic E-state index is -0.0134. The molecule has 1 heterocycles. The monoisotopic (exact) mass is 393 g/mol. The first-order valence-corrected chi connectivity index (χ1v) is 10.7. The molecule has 1 atom stereocenters. The average molecular weight is 394 g/mol. The van der Waals surface area contributed by atoms with E-state index in [1.54, 1.807) is 0 Å². The summed E-state index contributed by atoms with van der Waals surface area (Å²) in [6.45, 7) is 3.39. The summed E-state index contributed by atoms with van der Waals surface area (Å²) in [6, 6.07) is 21.2. The third-order valence-corrected chi connectivity index (χ3v) is 6.16. The third kappa shape index (κ3) is 5.46. The molecule has 0 saturated carbocycles. The lowest BCUT2D eigenvalue weighted by Gasteiger charge is -2.44. The van der Waals surface area contributed by atoms with Gasteiger partial charge in [0.15, 0.2) is 0 Å². The Kier molecular flexibility index (Phi) is 7.45. The van der Waals surface area contributed by atoms with Crippen LogP contribution < -0.4 is 5.32 Å². The molecule has 1 aliphatic heterocycles. The predicted molar refractivity (Wildman–Crippen MR) is 120 cm³/mol. The molecule has 0 aromatic heterocycles. The molecule has 1 aliphatic rings. The second kappa shape index (κ2) is 10.0. The summed E-state index contributed by atoms with van der Waals surface area (Å²) < 4.78 is 0. The molecular formula is C25H35N3O. The summed E-state index contributed by atoms with van der Waals surface area (Å²) in [4.78, 5) is 17.7. The zero-order valence-electron chi connectivity index (χ0n) is 18.1. The lowest BCUT2D eigenvalue weighted by Crippen LogP contribution is -2.51. The molecule has 4 heteroatoms. The highest BCUT2D eigenvalue weighted by atomic mass is 16.2. The van der Waals surface area contributed by atoms with Crippen molar-refractivity contribution in [3.63, 3.8) is 0 Å². The van der Waals surface area contributed by atoms with Crippen LogP contribution in [0.4, 0.5) is 0 Å². The number of benzene rings is 2. The summed E-state index contributed by atoms with van der Waals surface area (Å²) in [5.74, 6) is 0.273. The fourth-order valence-corrected chi connectivity index (χ4v) is 4.74. The number of carbonyl (C=O) groups excluding carboxylic acids is 1. The Bertz CT molecular complexity index is 752. The highest BCUT2D eigenvalue weighted by Crippen LogP contribution is 2.36. The van der Waals surface area contributed by atoms with Gasteiger partial charge in [-0.3, -0.25) is 4.79 Å². The van der Waals surface area contributed by atoms with Crippen molar-refractivity contribution in [2.24, 2.45) is 5.92 Å². The Hall–Kier alpha value is -2.17. The van der Waals surface area contributed by atoms with Crippen LogP contribution in [0.15, 0.2) is 60.7 Å². The van der Waals surface area contributed by atoms with E-state index in [4.69, 9.17) is 0 Å². The zero-order chi connectivity index (χ0) is 20.7. The van der Waals surface area contributed by atoms with Crippen molar-refractivity contribution in [2.45, 2.75) is 24.7 Å². The smallest absolute Gasteiger partial charge is 0.227 e. The molecule has 0 bridgehead atoms. The molecule has 0 radical (unpaired) electrons.